The topological polar surface area (TPSA) is 69.7 Å². The van der Waals surface area contributed by atoms with Gasteiger partial charge in [-0.1, -0.05) is 0 Å². The number of esters is 3. The summed E-state index contributed by atoms with van der Waals surface area (Å²) in [6.45, 7) is 1.27. The van der Waals surface area contributed by atoms with Crippen molar-refractivity contribution in [2.24, 2.45) is 11.8 Å². The van der Waals surface area contributed by atoms with Gasteiger partial charge in [0.05, 0.1) is 5.92 Å². The van der Waals surface area contributed by atoms with Crippen LogP contribution < -0.4 is 0 Å². The molecule has 0 radical (unpaired) electrons. The minimum Gasteiger partial charge on any atom is -0.462 e. The van der Waals surface area contributed by atoms with E-state index in [2.05, 4.69) is 4.74 Å². The number of ether oxygens (including phenoxy) is 2. The standard InChI is InChI=1S/C8H8O5/c1-3(9)12-5-2-4-6(5)8(11)13-7(4)10/h4-6H,2H2,1H3/t4-,5?,6-/m0/s1. The quantitative estimate of drug-likeness (QED) is 0.411. The van der Waals surface area contributed by atoms with E-state index in [4.69, 9.17) is 4.74 Å². The molecular weight excluding hydrogens is 176 g/mol. The smallest absolute Gasteiger partial charge is 0.321 e. The molecule has 1 aliphatic heterocycles. The molecule has 0 amide bonds. The maximum Gasteiger partial charge on any atom is 0.321 e. The van der Waals surface area contributed by atoms with Crippen molar-refractivity contribution in [2.45, 2.75) is 19.4 Å². The van der Waals surface area contributed by atoms with E-state index in [1.54, 1.807) is 0 Å². The highest BCUT2D eigenvalue weighted by Gasteiger charge is 2.58. The Labute approximate surface area is 74.0 Å². The van der Waals surface area contributed by atoms with E-state index in [9.17, 15) is 14.4 Å². The van der Waals surface area contributed by atoms with E-state index >= 15 is 0 Å². The lowest BCUT2D eigenvalue weighted by Crippen LogP contribution is -2.45. The Kier molecular flexibility index (Phi) is 1.61. The molecule has 2 rings (SSSR count). The van der Waals surface area contributed by atoms with Gasteiger partial charge in [-0.2, -0.15) is 0 Å². The van der Waals surface area contributed by atoms with Crippen molar-refractivity contribution >= 4 is 17.9 Å². The van der Waals surface area contributed by atoms with Crippen molar-refractivity contribution in [1.29, 1.82) is 0 Å². The maximum atomic E-state index is 11.0. The molecule has 5 nitrogen and oxygen atoms in total. The number of carbonyl (C=O) groups excluding carboxylic acids is 3. The lowest BCUT2D eigenvalue weighted by Gasteiger charge is -2.33. The normalized spacial score (nSPS) is 36.2. The van der Waals surface area contributed by atoms with Gasteiger partial charge in [0.15, 0.2) is 0 Å². The van der Waals surface area contributed by atoms with E-state index in [-0.39, 0.29) is 5.92 Å². The Hall–Kier alpha value is -1.39. The molecule has 1 saturated carbocycles. The Morgan fingerprint density at radius 1 is 1.46 bits per heavy atom. The van der Waals surface area contributed by atoms with Crippen molar-refractivity contribution < 1.29 is 23.9 Å². The Balaban J connectivity index is 2.04. The fourth-order valence-corrected chi connectivity index (χ4v) is 1.74. The number of hydrogen-bond donors (Lipinski definition) is 0. The van der Waals surface area contributed by atoms with Crippen molar-refractivity contribution in [3.05, 3.63) is 0 Å². The zero-order valence-electron chi connectivity index (χ0n) is 6.98. The van der Waals surface area contributed by atoms with Crippen LogP contribution in [0.25, 0.3) is 0 Å². The van der Waals surface area contributed by atoms with Crippen LogP contribution >= 0.6 is 0 Å². The van der Waals surface area contributed by atoms with Crippen molar-refractivity contribution in [3.63, 3.8) is 0 Å². The molecule has 0 aromatic heterocycles. The van der Waals surface area contributed by atoms with Crippen LogP contribution in [0.3, 0.4) is 0 Å². The fraction of sp³-hybridized carbons (Fsp3) is 0.625. The molecule has 13 heavy (non-hydrogen) atoms. The highest BCUT2D eigenvalue weighted by atomic mass is 16.6. The second-order valence-corrected chi connectivity index (χ2v) is 3.26. The van der Waals surface area contributed by atoms with Crippen LogP contribution in [0.5, 0.6) is 0 Å². The molecule has 0 aromatic carbocycles. The largest absolute Gasteiger partial charge is 0.462 e. The van der Waals surface area contributed by atoms with Crippen LogP contribution in [0.15, 0.2) is 0 Å². The molecule has 1 heterocycles. The van der Waals surface area contributed by atoms with E-state index < -0.39 is 29.9 Å². The molecule has 1 saturated heterocycles. The van der Waals surface area contributed by atoms with Gasteiger partial charge in [0.2, 0.25) is 0 Å². The van der Waals surface area contributed by atoms with Gasteiger partial charge in [0.1, 0.15) is 12.0 Å². The molecule has 0 aromatic rings. The molecule has 2 fully saturated rings. The molecule has 5 heteroatoms. The monoisotopic (exact) mass is 184 g/mol. The molecule has 0 N–H and O–H groups in total. The lowest BCUT2D eigenvalue weighted by molar-refractivity contribution is -0.163. The van der Waals surface area contributed by atoms with E-state index in [1.807, 2.05) is 0 Å². The zero-order valence-corrected chi connectivity index (χ0v) is 6.98. The first-order valence-electron chi connectivity index (χ1n) is 4.02. The molecule has 1 aliphatic carbocycles. The predicted molar refractivity (Wildman–Crippen MR) is 38.3 cm³/mol. The van der Waals surface area contributed by atoms with Crippen LogP contribution in [0, 0.1) is 11.8 Å². The first kappa shape index (κ1) is 8.22. The molecule has 1 unspecified atom stereocenters. The first-order valence-corrected chi connectivity index (χ1v) is 4.02. The molecule has 70 valence electrons. The maximum absolute atomic E-state index is 11.0. The Bertz CT molecular complexity index is 295. The number of cyclic esters (lactones) is 2. The van der Waals surface area contributed by atoms with Gasteiger partial charge in [-0.05, 0) is 6.42 Å². The summed E-state index contributed by atoms with van der Waals surface area (Å²) in [6.07, 6.45) is -0.0455. The number of fused-ring (bicyclic) bond motifs is 1. The molecule has 0 spiro atoms. The van der Waals surface area contributed by atoms with Gasteiger partial charge >= 0.3 is 17.9 Å². The van der Waals surface area contributed by atoms with Gasteiger partial charge in [-0.15, -0.1) is 0 Å². The third-order valence-electron chi connectivity index (χ3n) is 2.41. The highest BCUT2D eigenvalue weighted by Crippen LogP contribution is 2.43. The van der Waals surface area contributed by atoms with Crippen molar-refractivity contribution in [2.75, 3.05) is 0 Å². The summed E-state index contributed by atoms with van der Waals surface area (Å²) < 4.78 is 9.22. The zero-order chi connectivity index (χ0) is 9.59. The molecule has 2 aliphatic rings. The average molecular weight is 184 g/mol. The Morgan fingerprint density at radius 2 is 2.15 bits per heavy atom. The summed E-state index contributed by atoms with van der Waals surface area (Å²) in [4.78, 5) is 32.5. The average Bonchev–Trinajstić information content (AvgIpc) is 2.15. The number of hydrogen-bond acceptors (Lipinski definition) is 5. The molecular formula is C8H8O5. The van der Waals surface area contributed by atoms with Gasteiger partial charge in [0.25, 0.3) is 0 Å². The predicted octanol–water partition coefficient (Wildman–Crippen LogP) is -0.362. The minimum absolute atomic E-state index is 0.378. The van der Waals surface area contributed by atoms with Gasteiger partial charge in [0, 0.05) is 6.92 Å². The summed E-state index contributed by atoms with van der Waals surface area (Å²) in [7, 11) is 0. The highest BCUT2D eigenvalue weighted by molar-refractivity contribution is 5.98. The summed E-state index contributed by atoms with van der Waals surface area (Å²) in [6, 6.07) is 0. The number of rotatable bonds is 1. The Morgan fingerprint density at radius 3 is 2.69 bits per heavy atom. The summed E-state index contributed by atoms with van der Waals surface area (Å²) in [5, 5.41) is 0. The first-order chi connectivity index (χ1) is 6.09. The lowest BCUT2D eigenvalue weighted by atomic mass is 9.72. The van der Waals surface area contributed by atoms with Crippen LogP contribution in [0.4, 0.5) is 0 Å². The van der Waals surface area contributed by atoms with Crippen LogP contribution in [-0.4, -0.2) is 24.0 Å². The van der Waals surface area contributed by atoms with Gasteiger partial charge in [-0.3, -0.25) is 14.4 Å². The second-order valence-electron chi connectivity index (χ2n) is 3.26. The van der Waals surface area contributed by atoms with Crippen molar-refractivity contribution in [3.8, 4) is 0 Å². The van der Waals surface area contributed by atoms with Crippen LogP contribution in [0.1, 0.15) is 13.3 Å². The molecule has 0 bridgehead atoms. The van der Waals surface area contributed by atoms with E-state index in [0.29, 0.717) is 6.42 Å². The molecule has 3 atom stereocenters. The number of carbonyl (C=O) groups is 3. The summed E-state index contributed by atoms with van der Waals surface area (Å²) in [5.41, 5.74) is 0. The SMILES string of the molecule is CC(=O)OC1C[C@@H]2C(=O)OC(=O)[C@H]12. The van der Waals surface area contributed by atoms with Crippen LogP contribution in [0.2, 0.25) is 0 Å². The third kappa shape index (κ3) is 1.11. The van der Waals surface area contributed by atoms with Crippen LogP contribution in [-0.2, 0) is 23.9 Å². The summed E-state index contributed by atoms with van der Waals surface area (Å²) in [5.74, 6) is -2.41. The van der Waals surface area contributed by atoms with Gasteiger partial charge in [-0.25, -0.2) is 0 Å². The second kappa shape index (κ2) is 2.55. The van der Waals surface area contributed by atoms with Gasteiger partial charge < -0.3 is 9.47 Å². The third-order valence-corrected chi connectivity index (χ3v) is 2.41. The van der Waals surface area contributed by atoms with E-state index in [1.165, 1.54) is 6.92 Å². The van der Waals surface area contributed by atoms with E-state index in [0.717, 1.165) is 0 Å². The fourth-order valence-electron chi connectivity index (χ4n) is 1.74. The minimum atomic E-state index is -0.562. The summed E-state index contributed by atoms with van der Waals surface area (Å²) >= 11 is 0. The van der Waals surface area contributed by atoms with Crippen molar-refractivity contribution in [1.82, 2.24) is 0 Å².